The van der Waals surface area contributed by atoms with E-state index in [4.69, 9.17) is 0 Å². The summed E-state index contributed by atoms with van der Waals surface area (Å²) in [6.45, 7) is 0. The fourth-order valence-corrected chi connectivity index (χ4v) is 4.15. The molecule has 0 spiro atoms. The summed E-state index contributed by atoms with van der Waals surface area (Å²) < 4.78 is 1.21. The number of rotatable bonds is 2. The van der Waals surface area contributed by atoms with Crippen LogP contribution in [0.15, 0.2) is 42.6 Å². The van der Waals surface area contributed by atoms with E-state index >= 15 is 0 Å². The number of hydrogen-bond donors (Lipinski definition) is 0. The molecule has 3 aromatic rings. The zero-order valence-electron chi connectivity index (χ0n) is 11.7. The van der Waals surface area contributed by atoms with Crippen molar-refractivity contribution < 1.29 is 4.92 Å². The third kappa shape index (κ3) is 2.02. The highest BCUT2D eigenvalue weighted by Gasteiger charge is 2.16. The Hall–Kier alpha value is -2.53. The van der Waals surface area contributed by atoms with Crippen molar-refractivity contribution in [3.63, 3.8) is 0 Å². The highest BCUT2D eigenvalue weighted by atomic mass is 32.1. The number of allylic oxidation sites excluding steroid dienone is 1. The molecule has 0 N–H and O–H groups in total. The van der Waals surface area contributed by atoms with Crippen molar-refractivity contribution in [2.45, 2.75) is 12.8 Å². The van der Waals surface area contributed by atoms with Gasteiger partial charge in [-0.15, -0.1) is 11.3 Å². The van der Waals surface area contributed by atoms with Gasteiger partial charge in [0.15, 0.2) is 0 Å². The smallest absolute Gasteiger partial charge is 0.258 e. The second-order valence-electron chi connectivity index (χ2n) is 5.22. The molecule has 1 aromatic carbocycles. The largest absolute Gasteiger partial charge is 0.287 e. The first-order valence-corrected chi connectivity index (χ1v) is 7.87. The maximum atomic E-state index is 10.8. The number of aryl methyl sites for hydroxylation is 1. The van der Waals surface area contributed by atoms with Crippen molar-refractivity contribution in [1.82, 2.24) is 4.98 Å². The van der Waals surface area contributed by atoms with Gasteiger partial charge in [0.1, 0.15) is 6.20 Å². The van der Waals surface area contributed by atoms with Gasteiger partial charge in [-0.2, -0.15) is 0 Å². The lowest BCUT2D eigenvalue weighted by molar-refractivity contribution is -0.385. The lowest BCUT2D eigenvalue weighted by Crippen LogP contribution is -1.90. The maximum absolute atomic E-state index is 10.8. The van der Waals surface area contributed by atoms with Crippen molar-refractivity contribution in [3.8, 4) is 11.3 Å². The Morgan fingerprint density at radius 3 is 2.91 bits per heavy atom. The van der Waals surface area contributed by atoms with Crippen LogP contribution in [0.25, 0.3) is 27.4 Å². The maximum Gasteiger partial charge on any atom is 0.287 e. The lowest BCUT2D eigenvalue weighted by atomic mass is 10.0. The second kappa shape index (κ2) is 5.03. The second-order valence-corrected chi connectivity index (χ2v) is 6.33. The summed E-state index contributed by atoms with van der Waals surface area (Å²) in [6, 6.07) is 9.42. The molecule has 4 rings (SSSR count). The van der Waals surface area contributed by atoms with Crippen LogP contribution in [0.4, 0.5) is 5.69 Å². The molecule has 0 radical (unpaired) electrons. The molecule has 0 unspecified atom stereocenters. The summed E-state index contributed by atoms with van der Waals surface area (Å²) in [5.41, 5.74) is 3.15. The topological polar surface area (TPSA) is 56.0 Å². The summed E-state index contributed by atoms with van der Waals surface area (Å²) >= 11 is 1.81. The molecule has 0 saturated heterocycles. The average Bonchev–Trinajstić information content (AvgIpc) is 2.93. The molecule has 108 valence electrons. The molecule has 22 heavy (non-hydrogen) atoms. The van der Waals surface area contributed by atoms with Gasteiger partial charge in [-0.1, -0.05) is 30.4 Å². The van der Waals surface area contributed by atoms with Crippen LogP contribution in [0.5, 0.6) is 0 Å². The van der Waals surface area contributed by atoms with Crippen molar-refractivity contribution in [2.75, 3.05) is 0 Å². The number of pyridine rings is 1. The zero-order valence-corrected chi connectivity index (χ0v) is 12.5. The predicted molar refractivity (Wildman–Crippen MR) is 89.1 cm³/mol. The van der Waals surface area contributed by atoms with E-state index in [1.807, 2.05) is 12.1 Å². The predicted octanol–water partition coefficient (Wildman–Crippen LogP) is 4.83. The van der Waals surface area contributed by atoms with E-state index in [0.717, 1.165) is 24.1 Å². The van der Waals surface area contributed by atoms with E-state index in [0.29, 0.717) is 0 Å². The van der Waals surface area contributed by atoms with Gasteiger partial charge >= 0.3 is 0 Å². The molecule has 4 nitrogen and oxygen atoms in total. The minimum atomic E-state index is -0.425. The molecule has 0 fully saturated rings. The first-order valence-electron chi connectivity index (χ1n) is 7.06. The van der Waals surface area contributed by atoms with E-state index < -0.39 is 4.92 Å². The van der Waals surface area contributed by atoms with Crippen LogP contribution < -0.4 is 0 Å². The molecule has 5 heteroatoms. The van der Waals surface area contributed by atoms with Crippen LogP contribution in [0.3, 0.4) is 0 Å². The molecule has 0 aliphatic heterocycles. The number of hydrogen-bond acceptors (Lipinski definition) is 4. The monoisotopic (exact) mass is 308 g/mol. The molecule has 1 aliphatic carbocycles. The normalized spacial score (nSPS) is 13.3. The van der Waals surface area contributed by atoms with Crippen molar-refractivity contribution in [1.29, 1.82) is 0 Å². The standard InChI is InChI=1S/C17H12N2O2S/c20-19(21)11-8-9-15(18-10-11)14-6-3-5-13-12-4-1-2-7-16(12)22-17(13)14/h1,3-6,8-10H,2,7H2. The van der Waals surface area contributed by atoms with Gasteiger partial charge in [0.2, 0.25) is 0 Å². The van der Waals surface area contributed by atoms with Crippen molar-refractivity contribution in [3.05, 3.63) is 63.2 Å². The molecule has 0 bridgehead atoms. The van der Waals surface area contributed by atoms with Gasteiger partial charge in [0.25, 0.3) is 5.69 Å². The Morgan fingerprint density at radius 2 is 2.14 bits per heavy atom. The SMILES string of the molecule is O=[N+]([O-])c1ccc(-c2cccc3c4c(sc23)CCC=C4)nc1. The van der Waals surface area contributed by atoms with E-state index in [-0.39, 0.29) is 5.69 Å². The minimum Gasteiger partial charge on any atom is -0.258 e. The fraction of sp³-hybridized carbons (Fsp3) is 0.118. The van der Waals surface area contributed by atoms with Gasteiger partial charge in [0, 0.05) is 26.6 Å². The summed E-state index contributed by atoms with van der Waals surface area (Å²) in [4.78, 5) is 16.0. The van der Waals surface area contributed by atoms with Crippen LogP contribution in [-0.2, 0) is 6.42 Å². The number of aromatic nitrogens is 1. The average molecular weight is 308 g/mol. The number of thiophene rings is 1. The van der Waals surface area contributed by atoms with Gasteiger partial charge in [-0.3, -0.25) is 10.1 Å². The number of nitrogens with zero attached hydrogens (tertiary/aromatic N) is 2. The van der Waals surface area contributed by atoms with Gasteiger partial charge in [-0.25, -0.2) is 4.98 Å². The van der Waals surface area contributed by atoms with Crippen molar-refractivity contribution in [2.24, 2.45) is 0 Å². The molecule has 0 saturated carbocycles. The molecule has 0 atom stereocenters. The van der Waals surface area contributed by atoms with E-state index in [1.165, 1.54) is 32.8 Å². The Bertz CT molecular complexity index is 910. The number of benzene rings is 1. The molecule has 2 heterocycles. The molecule has 0 amide bonds. The van der Waals surface area contributed by atoms with E-state index in [2.05, 4.69) is 23.2 Å². The van der Waals surface area contributed by atoms with Crippen LogP contribution in [0.1, 0.15) is 16.9 Å². The van der Waals surface area contributed by atoms with Gasteiger partial charge in [-0.05, 0) is 24.5 Å². The summed E-state index contributed by atoms with van der Waals surface area (Å²) in [5, 5.41) is 12.0. The Morgan fingerprint density at radius 1 is 1.23 bits per heavy atom. The van der Waals surface area contributed by atoms with Crippen LogP contribution >= 0.6 is 11.3 Å². The highest BCUT2D eigenvalue weighted by Crippen LogP contribution is 2.40. The van der Waals surface area contributed by atoms with Crippen molar-refractivity contribution >= 4 is 33.2 Å². The zero-order chi connectivity index (χ0) is 15.1. The first-order chi connectivity index (χ1) is 10.7. The first kappa shape index (κ1) is 13.2. The number of fused-ring (bicyclic) bond motifs is 3. The van der Waals surface area contributed by atoms with E-state index in [1.54, 1.807) is 17.4 Å². The highest BCUT2D eigenvalue weighted by molar-refractivity contribution is 7.20. The summed E-state index contributed by atoms with van der Waals surface area (Å²) in [5.74, 6) is 0. The minimum absolute atomic E-state index is 0.0179. The quantitative estimate of drug-likeness (QED) is 0.503. The fourth-order valence-electron chi connectivity index (χ4n) is 2.83. The third-order valence-corrected chi connectivity index (χ3v) is 5.20. The molecular formula is C17H12N2O2S. The van der Waals surface area contributed by atoms with Gasteiger partial charge in [0.05, 0.1) is 10.6 Å². The summed E-state index contributed by atoms with van der Waals surface area (Å²) in [7, 11) is 0. The summed E-state index contributed by atoms with van der Waals surface area (Å²) in [6.07, 6.45) is 7.90. The Kier molecular flexibility index (Phi) is 3.01. The van der Waals surface area contributed by atoms with Crippen LogP contribution in [0, 0.1) is 10.1 Å². The lowest BCUT2D eigenvalue weighted by Gasteiger charge is -2.04. The Balaban J connectivity index is 1.90. The van der Waals surface area contributed by atoms with Crippen LogP contribution in [0.2, 0.25) is 0 Å². The third-order valence-electron chi connectivity index (χ3n) is 3.89. The Labute approximate surface area is 130 Å². The number of nitro groups is 1. The van der Waals surface area contributed by atoms with E-state index in [9.17, 15) is 10.1 Å². The molecule has 1 aliphatic rings. The van der Waals surface area contributed by atoms with Gasteiger partial charge < -0.3 is 0 Å². The molecule has 2 aromatic heterocycles. The van der Waals surface area contributed by atoms with Crippen LogP contribution in [-0.4, -0.2) is 9.91 Å². The molecular weight excluding hydrogens is 296 g/mol.